The molecule has 3 heteroatoms. The van der Waals surface area contributed by atoms with E-state index in [4.69, 9.17) is 11.6 Å². The minimum atomic E-state index is 0.834. The number of rotatable bonds is 7. The predicted molar refractivity (Wildman–Crippen MR) is 69.7 cm³/mol. The average molecular weight is 246 g/mol. The van der Waals surface area contributed by atoms with Crippen LogP contribution in [0.15, 0.2) is 11.4 Å². The first kappa shape index (κ1) is 13.0. The molecular formula is C12H20ClNS. The lowest BCUT2D eigenvalue weighted by Crippen LogP contribution is -2.13. The quantitative estimate of drug-likeness (QED) is 0.706. The van der Waals surface area contributed by atoms with Crippen LogP contribution < -0.4 is 5.32 Å². The summed E-state index contributed by atoms with van der Waals surface area (Å²) in [6, 6.07) is 2.04. The summed E-state index contributed by atoms with van der Waals surface area (Å²) < 4.78 is 0. The van der Waals surface area contributed by atoms with Gasteiger partial charge in [0.05, 0.1) is 5.02 Å². The number of hydrogen-bond donors (Lipinski definition) is 1. The Hall–Kier alpha value is -0.0500. The summed E-state index contributed by atoms with van der Waals surface area (Å²) in [5, 5.41) is 6.28. The Morgan fingerprint density at radius 1 is 1.40 bits per heavy atom. The molecule has 0 aliphatic carbocycles. The van der Waals surface area contributed by atoms with Crippen molar-refractivity contribution in [1.29, 1.82) is 0 Å². The van der Waals surface area contributed by atoms with E-state index in [1.165, 1.54) is 24.1 Å². The van der Waals surface area contributed by atoms with Crippen LogP contribution >= 0.6 is 22.9 Å². The standard InChI is InChI=1S/C12H20ClNS/c1-10(2)5-3-4-6-14-8-12-7-11(13)9-15-12/h7,9-10,14H,3-6,8H2,1-2H3. The minimum Gasteiger partial charge on any atom is -0.312 e. The molecule has 0 unspecified atom stereocenters. The molecule has 1 rings (SSSR count). The van der Waals surface area contributed by atoms with Crippen LogP contribution in [0, 0.1) is 5.92 Å². The van der Waals surface area contributed by atoms with Crippen molar-refractivity contribution in [2.24, 2.45) is 5.92 Å². The normalized spacial score (nSPS) is 11.2. The van der Waals surface area contributed by atoms with Crippen molar-refractivity contribution in [2.75, 3.05) is 6.54 Å². The summed E-state index contributed by atoms with van der Waals surface area (Å²) in [7, 11) is 0. The molecule has 1 N–H and O–H groups in total. The van der Waals surface area contributed by atoms with Crippen molar-refractivity contribution < 1.29 is 0 Å². The van der Waals surface area contributed by atoms with E-state index >= 15 is 0 Å². The van der Waals surface area contributed by atoms with Gasteiger partial charge in [-0.1, -0.05) is 38.3 Å². The largest absolute Gasteiger partial charge is 0.312 e. The van der Waals surface area contributed by atoms with E-state index in [2.05, 4.69) is 19.2 Å². The van der Waals surface area contributed by atoms with Crippen LogP contribution in [-0.2, 0) is 6.54 Å². The first-order valence-corrected chi connectivity index (χ1v) is 6.88. The second-order valence-corrected chi connectivity index (χ2v) is 5.73. The molecule has 1 aromatic rings. The third-order valence-electron chi connectivity index (χ3n) is 2.31. The summed E-state index contributed by atoms with van der Waals surface area (Å²) in [5.74, 6) is 0.834. The van der Waals surface area contributed by atoms with Gasteiger partial charge in [0, 0.05) is 16.8 Å². The van der Waals surface area contributed by atoms with Gasteiger partial charge in [-0.05, 0) is 24.9 Å². The molecule has 0 atom stereocenters. The Kier molecular flexibility index (Phi) is 6.30. The van der Waals surface area contributed by atoms with E-state index in [1.54, 1.807) is 11.3 Å². The SMILES string of the molecule is CC(C)CCCCNCc1cc(Cl)cs1. The lowest BCUT2D eigenvalue weighted by molar-refractivity contribution is 0.521. The summed E-state index contributed by atoms with van der Waals surface area (Å²) >= 11 is 7.56. The fourth-order valence-electron chi connectivity index (χ4n) is 1.46. The highest BCUT2D eigenvalue weighted by Crippen LogP contribution is 2.18. The zero-order chi connectivity index (χ0) is 11.1. The Morgan fingerprint density at radius 2 is 2.20 bits per heavy atom. The van der Waals surface area contributed by atoms with Crippen LogP contribution in [-0.4, -0.2) is 6.54 Å². The maximum absolute atomic E-state index is 5.84. The summed E-state index contributed by atoms with van der Waals surface area (Å²) in [4.78, 5) is 1.32. The van der Waals surface area contributed by atoms with Crippen LogP contribution in [0.5, 0.6) is 0 Å². The van der Waals surface area contributed by atoms with Gasteiger partial charge in [0.15, 0.2) is 0 Å². The first-order chi connectivity index (χ1) is 7.18. The second-order valence-electron chi connectivity index (χ2n) is 4.30. The van der Waals surface area contributed by atoms with Crippen molar-refractivity contribution in [3.63, 3.8) is 0 Å². The van der Waals surface area contributed by atoms with Crippen molar-refractivity contribution in [3.05, 3.63) is 21.3 Å². The molecule has 0 spiro atoms. The van der Waals surface area contributed by atoms with E-state index < -0.39 is 0 Å². The molecule has 0 amide bonds. The molecule has 0 bridgehead atoms. The zero-order valence-corrected chi connectivity index (χ0v) is 11.1. The molecule has 0 aliphatic heterocycles. The molecule has 86 valence electrons. The number of unbranched alkanes of at least 4 members (excludes halogenated alkanes) is 1. The van der Waals surface area contributed by atoms with E-state index in [0.717, 1.165) is 24.0 Å². The van der Waals surface area contributed by atoms with E-state index in [1.807, 2.05) is 11.4 Å². The molecule has 15 heavy (non-hydrogen) atoms. The molecule has 0 saturated heterocycles. The number of halogens is 1. The Morgan fingerprint density at radius 3 is 2.80 bits per heavy atom. The maximum atomic E-state index is 5.84. The zero-order valence-electron chi connectivity index (χ0n) is 9.55. The molecule has 0 saturated carbocycles. The fraction of sp³-hybridized carbons (Fsp3) is 0.667. The molecule has 0 fully saturated rings. The van der Waals surface area contributed by atoms with Crippen LogP contribution in [0.1, 0.15) is 38.0 Å². The Balaban J connectivity index is 1.98. The third kappa shape index (κ3) is 6.18. The monoisotopic (exact) mass is 245 g/mol. The average Bonchev–Trinajstić information content (AvgIpc) is 2.57. The summed E-state index contributed by atoms with van der Waals surface area (Å²) in [6.45, 7) is 6.63. The highest BCUT2D eigenvalue weighted by atomic mass is 35.5. The lowest BCUT2D eigenvalue weighted by Gasteiger charge is -2.05. The fourth-order valence-corrected chi connectivity index (χ4v) is 2.50. The van der Waals surface area contributed by atoms with Crippen LogP contribution in [0.25, 0.3) is 0 Å². The Labute approximate surface area is 102 Å². The van der Waals surface area contributed by atoms with Crippen molar-refractivity contribution in [2.45, 2.75) is 39.7 Å². The van der Waals surface area contributed by atoms with Gasteiger partial charge in [-0.2, -0.15) is 0 Å². The van der Waals surface area contributed by atoms with Gasteiger partial charge in [-0.15, -0.1) is 11.3 Å². The van der Waals surface area contributed by atoms with Crippen LogP contribution in [0.4, 0.5) is 0 Å². The summed E-state index contributed by atoms with van der Waals surface area (Å²) in [6.07, 6.45) is 3.94. The smallest absolute Gasteiger partial charge is 0.0516 e. The van der Waals surface area contributed by atoms with Crippen molar-refractivity contribution in [1.82, 2.24) is 5.32 Å². The van der Waals surface area contributed by atoms with E-state index in [9.17, 15) is 0 Å². The summed E-state index contributed by atoms with van der Waals surface area (Å²) in [5.41, 5.74) is 0. The lowest BCUT2D eigenvalue weighted by atomic mass is 10.1. The predicted octanol–water partition coefficient (Wildman–Crippen LogP) is 4.32. The van der Waals surface area contributed by atoms with Crippen molar-refractivity contribution in [3.8, 4) is 0 Å². The number of nitrogens with one attached hydrogen (secondary N) is 1. The molecule has 1 heterocycles. The van der Waals surface area contributed by atoms with Gasteiger partial charge < -0.3 is 5.32 Å². The molecule has 1 aromatic heterocycles. The van der Waals surface area contributed by atoms with Gasteiger partial charge >= 0.3 is 0 Å². The van der Waals surface area contributed by atoms with Crippen molar-refractivity contribution >= 4 is 22.9 Å². The van der Waals surface area contributed by atoms with Gasteiger partial charge in [0.1, 0.15) is 0 Å². The van der Waals surface area contributed by atoms with Gasteiger partial charge in [0.25, 0.3) is 0 Å². The molecular weight excluding hydrogens is 226 g/mol. The number of thiophene rings is 1. The van der Waals surface area contributed by atoms with Crippen LogP contribution in [0.2, 0.25) is 5.02 Å². The number of hydrogen-bond acceptors (Lipinski definition) is 2. The van der Waals surface area contributed by atoms with Gasteiger partial charge in [-0.3, -0.25) is 0 Å². The van der Waals surface area contributed by atoms with Crippen LogP contribution in [0.3, 0.4) is 0 Å². The van der Waals surface area contributed by atoms with Gasteiger partial charge in [0.2, 0.25) is 0 Å². The molecule has 0 aromatic carbocycles. The highest BCUT2D eigenvalue weighted by Gasteiger charge is 1.97. The third-order valence-corrected chi connectivity index (χ3v) is 3.59. The Bertz CT molecular complexity index is 270. The minimum absolute atomic E-state index is 0.834. The highest BCUT2D eigenvalue weighted by molar-refractivity contribution is 7.10. The molecule has 0 aliphatic rings. The molecule has 0 radical (unpaired) electrons. The molecule has 1 nitrogen and oxygen atoms in total. The topological polar surface area (TPSA) is 12.0 Å². The van der Waals surface area contributed by atoms with E-state index in [0.29, 0.717) is 0 Å². The first-order valence-electron chi connectivity index (χ1n) is 5.62. The van der Waals surface area contributed by atoms with E-state index in [-0.39, 0.29) is 0 Å². The van der Waals surface area contributed by atoms with Gasteiger partial charge in [-0.25, -0.2) is 0 Å². The maximum Gasteiger partial charge on any atom is 0.0516 e. The second kappa shape index (κ2) is 7.26.